The van der Waals surface area contributed by atoms with E-state index in [-0.39, 0.29) is 11.5 Å². The lowest BCUT2D eigenvalue weighted by molar-refractivity contribution is -0.142. The quantitative estimate of drug-likeness (QED) is 0.844. The van der Waals surface area contributed by atoms with Crippen LogP contribution in [0.3, 0.4) is 0 Å². The minimum Gasteiger partial charge on any atom is -0.480 e. The number of aliphatic carboxylic acids is 1. The molecule has 1 N–H and O–H groups in total. The molecule has 2 unspecified atom stereocenters. The van der Waals surface area contributed by atoms with Gasteiger partial charge in [0.15, 0.2) is 5.78 Å². The van der Waals surface area contributed by atoms with E-state index in [9.17, 15) is 9.59 Å². The van der Waals surface area contributed by atoms with Gasteiger partial charge >= 0.3 is 5.97 Å². The minimum atomic E-state index is -1.70. The number of nitrogens with zero attached hydrogens (tertiary/aromatic N) is 3. The van der Waals surface area contributed by atoms with Gasteiger partial charge in [-0.15, -0.1) is 5.11 Å². The van der Waals surface area contributed by atoms with Gasteiger partial charge in [0.2, 0.25) is 5.92 Å². The molecule has 0 saturated carbocycles. The molecule has 0 spiro atoms. The first-order chi connectivity index (χ1) is 11.5. The Morgan fingerprint density at radius 1 is 1.38 bits per heavy atom. The van der Waals surface area contributed by atoms with Gasteiger partial charge in [0.25, 0.3) is 0 Å². The van der Waals surface area contributed by atoms with Crippen LogP contribution in [0.15, 0.2) is 46.3 Å². The maximum Gasteiger partial charge on any atom is 0.329 e. The molecule has 0 fully saturated rings. The maximum atomic E-state index is 12.6. The van der Waals surface area contributed by atoms with Crippen molar-refractivity contribution in [3.8, 4) is 6.07 Å². The van der Waals surface area contributed by atoms with E-state index in [1.54, 1.807) is 30.5 Å². The number of hydrogen-bond acceptors (Lipinski definition) is 5. The Balaban J connectivity index is 1.99. The van der Waals surface area contributed by atoms with Gasteiger partial charge in [-0.3, -0.25) is 9.59 Å². The van der Waals surface area contributed by atoms with Gasteiger partial charge in [-0.1, -0.05) is 31.2 Å². The molecule has 2 aliphatic carbocycles. The highest BCUT2D eigenvalue weighted by Gasteiger charge is 2.35. The van der Waals surface area contributed by atoms with Crippen molar-refractivity contribution in [2.45, 2.75) is 6.92 Å². The lowest BCUT2D eigenvalue weighted by Crippen LogP contribution is -2.34. The molecule has 1 aliphatic heterocycles. The average molecular weight is 317 g/mol. The molecule has 0 radical (unpaired) electrons. The summed E-state index contributed by atoms with van der Waals surface area (Å²) < 4.78 is 0. The second-order valence-electron chi connectivity index (χ2n) is 5.88. The van der Waals surface area contributed by atoms with Gasteiger partial charge in [0, 0.05) is 22.3 Å². The molecule has 1 aromatic carbocycles. The number of allylic oxidation sites excluding steroid dienone is 2. The zero-order valence-electron chi connectivity index (χ0n) is 12.6. The maximum absolute atomic E-state index is 12.6. The summed E-state index contributed by atoms with van der Waals surface area (Å²) in [6.45, 7) is 1.94. The zero-order chi connectivity index (χ0) is 17.0. The standard InChI is InChI=1S/C18H11N3O3/c1-8-5-11(17(22)12(6-19)18(23)24)9-3-2-4-10-15(9)14(8)13-7-20-21-16(10)13/h2-5,7-8,12H,1H3,(H,23,24). The van der Waals surface area contributed by atoms with Crippen LogP contribution < -0.4 is 10.4 Å². The predicted octanol–water partition coefficient (Wildman–Crippen LogP) is 1.14. The van der Waals surface area contributed by atoms with E-state index in [4.69, 9.17) is 10.4 Å². The monoisotopic (exact) mass is 317 g/mol. The third-order valence-corrected chi connectivity index (χ3v) is 4.54. The Morgan fingerprint density at radius 2 is 2.17 bits per heavy atom. The SMILES string of the molecule is CC1C=C(C(=O)C(C#N)C(=O)O)c2cccc3c2=C1C1=CN=NC=31. The summed E-state index contributed by atoms with van der Waals surface area (Å²) in [4.78, 5) is 23.8. The molecule has 0 amide bonds. The van der Waals surface area contributed by atoms with Crippen molar-refractivity contribution in [2.75, 3.05) is 0 Å². The molecule has 4 rings (SSSR count). The van der Waals surface area contributed by atoms with E-state index in [0.29, 0.717) is 5.56 Å². The molecule has 0 aromatic heterocycles. The van der Waals surface area contributed by atoms with Crippen LogP contribution in [0.2, 0.25) is 0 Å². The Bertz CT molecular complexity index is 1080. The number of carbonyl (C=O) groups excluding carboxylic acids is 1. The molecule has 6 heteroatoms. The van der Waals surface area contributed by atoms with E-state index in [2.05, 4.69) is 10.2 Å². The van der Waals surface area contributed by atoms with Crippen LogP contribution >= 0.6 is 0 Å². The van der Waals surface area contributed by atoms with Crippen LogP contribution in [0, 0.1) is 23.2 Å². The normalized spacial score (nSPS) is 20.8. The number of azo groups is 1. The van der Waals surface area contributed by atoms with Crippen LogP contribution in [0.1, 0.15) is 12.5 Å². The van der Waals surface area contributed by atoms with E-state index < -0.39 is 17.7 Å². The van der Waals surface area contributed by atoms with Gasteiger partial charge in [-0.05, 0) is 16.4 Å². The summed E-state index contributed by atoms with van der Waals surface area (Å²) in [6, 6.07) is 7.08. The summed E-state index contributed by atoms with van der Waals surface area (Å²) in [5, 5.41) is 28.1. The molecule has 116 valence electrons. The third kappa shape index (κ3) is 1.69. The summed E-state index contributed by atoms with van der Waals surface area (Å²) in [7, 11) is 0. The highest BCUT2D eigenvalue weighted by Crippen LogP contribution is 2.38. The summed E-state index contributed by atoms with van der Waals surface area (Å²) in [6.07, 6.45) is 3.44. The number of carboxylic acids is 1. The number of ketones is 1. The molecule has 1 heterocycles. The molecule has 24 heavy (non-hydrogen) atoms. The van der Waals surface area contributed by atoms with E-state index >= 15 is 0 Å². The number of carbonyl (C=O) groups is 2. The Kier molecular flexibility index (Phi) is 2.87. The molecule has 0 saturated heterocycles. The highest BCUT2D eigenvalue weighted by atomic mass is 16.4. The first kappa shape index (κ1) is 14.3. The number of fused-ring (bicyclic) bond motifs is 2. The zero-order valence-corrected chi connectivity index (χ0v) is 12.6. The topological polar surface area (TPSA) is 103 Å². The summed E-state index contributed by atoms with van der Waals surface area (Å²) in [5.41, 5.74) is 3.72. The average Bonchev–Trinajstić information content (AvgIpc) is 3.13. The van der Waals surface area contributed by atoms with Crippen molar-refractivity contribution in [1.29, 1.82) is 5.26 Å². The first-order valence-corrected chi connectivity index (χ1v) is 7.42. The van der Waals surface area contributed by atoms with Crippen LogP contribution in [-0.2, 0) is 9.59 Å². The number of benzene rings is 1. The van der Waals surface area contributed by atoms with Crippen molar-refractivity contribution < 1.29 is 14.7 Å². The number of nitriles is 1. The van der Waals surface area contributed by atoms with Crippen molar-refractivity contribution in [3.63, 3.8) is 0 Å². The Morgan fingerprint density at radius 3 is 2.88 bits per heavy atom. The van der Waals surface area contributed by atoms with Crippen molar-refractivity contribution in [3.05, 3.63) is 52.0 Å². The van der Waals surface area contributed by atoms with Gasteiger partial charge in [0.1, 0.15) is 5.70 Å². The lowest BCUT2D eigenvalue weighted by Gasteiger charge is -2.20. The number of hydrogen-bond donors (Lipinski definition) is 1. The van der Waals surface area contributed by atoms with Gasteiger partial charge in [0.05, 0.1) is 12.3 Å². The fourth-order valence-corrected chi connectivity index (χ4v) is 3.55. The van der Waals surface area contributed by atoms with Crippen molar-refractivity contribution in [2.24, 2.45) is 22.1 Å². The van der Waals surface area contributed by atoms with Gasteiger partial charge < -0.3 is 5.11 Å². The minimum absolute atomic E-state index is 0.0991. The molecule has 3 aliphatic rings. The fraction of sp³-hybridized carbons (Fsp3) is 0.167. The number of carboxylic acid groups (broad SMARTS) is 1. The molecular weight excluding hydrogens is 306 g/mol. The molecule has 6 nitrogen and oxygen atoms in total. The number of Topliss-reactive ketones (excluding diaryl/α,β-unsaturated/α-hetero) is 1. The Hall–Kier alpha value is -3.33. The summed E-state index contributed by atoms with van der Waals surface area (Å²) >= 11 is 0. The predicted molar refractivity (Wildman–Crippen MR) is 84.3 cm³/mol. The first-order valence-electron chi connectivity index (χ1n) is 7.42. The van der Waals surface area contributed by atoms with Crippen LogP contribution in [0.25, 0.3) is 16.8 Å². The third-order valence-electron chi connectivity index (χ3n) is 4.54. The van der Waals surface area contributed by atoms with Gasteiger partial charge in [-0.2, -0.15) is 10.4 Å². The molecule has 0 bridgehead atoms. The van der Waals surface area contributed by atoms with E-state index in [1.165, 1.54) is 0 Å². The highest BCUT2D eigenvalue weighted by molar-refractivity contribution is 6.28. The molecular formula is C18H11N3O3. The molecule has 1 aromatic rings. The largest absolute Gasteiger partial charge is 0.480 e. The van der Waals surface area contributed by atoms with Crippen LogP contribution in [0.5, 0.6) is 0 Å². The van der Waals surface area contributed by atoms with E-state index in [0.717, 1.165) is 27.3 Å². The summed E-state index contributed by atoms with van der Waals surface area (Å²) in [5.74, 6) is -3.91. The van der Waals surface area contributed by atoms with Crippen LogP contribution in [0.4, 0.5) is 0 Å². The van der Waals surface area contributed by atoms with E-state index in [1.807, 2.05) is 13.0 Å². The molecule has 2 atom stereocenters. The second-order valence-corrected chi connectivity index (χ2v) is 5.88. The van der Waals surface area contributed by atoms with Crippen LogP contribution in [-0.4, -0.2) is 16.9 Å². The van der Waals surface area contributed by atoms with Crippen molar-refractivity contribution in [1.82, 2.24) is 0 Å². The van der Waals surface area contributed by atoms with Crippen molar-refractivity contribution >= 4 is 28.6 Å². The van der Waals surface area contributed by atoms with Gasteiger partial charge in [-0.25, -0.2) is 0 Å². The number of rotatable bonds is 3. The fourth-order valence-electron chi connectivity index (χ4n) is 3.55. The second kappa shape index (κ2) is 4.83. The Labute approximate surface area is 136 Å². The smallest absolute Gasteiger partial charge is 0.329 e. The lowest BCUT2D eigenvalue weighted by atomic mass is 9.81.